The smallest absolute Gasteiger partial charge is 0.185 e. The highest BCUT2D eigenvalue weighted by Crippen LogP contribution is 2.18. The summed E-state index contributed by atoms with van der Waals surface area (Å²) in [6.45, 7) is 1.62. The third-order valence-corrected chi connectivity index (χ3v) is 2.09. The van der Waals surface area contributed by atoms with Crippen LogP contribution in [-0.2, 0) is 0 Å². The molecule has 0 aliphatic rings. The van der Waals surface area contributed by atoms with Gasteiger partial charge in [0.1, 0.15) is 17.6 Å². The van der Waals surface area contributed by atoms with Gasteiger partial charge < -0.3 is 0 Å². The summed E-state index contributed by atoms with van der Waals surface area (Å²) in [5.41, 5.74) is -0.620. The van der Waals surface area contributed by atoms with Gasteiger partial charge in [-0.3, -0.25) is 4.79 Å². The maximum Gasteiger partial charge on any atom is 0.185 e. The fraction of sp³-hybridized carbons (Fsp3) is 0.273. The molecule has 0 aliphatic carbocycles. The Labute approximate surface area is 86.1 Å². The van der Waals surface area contributed by atoms with Gasteiger partial charge in [0, 0.05) is 0 Å². The van der Waals surface area contributed by atoms with Crippen molar-refractivity contribution in [1.82, 2.24) is 0 Å². The normalized spacial score (nSPS) is 11.9. The first kappa shape index (κ1) is 11.3. The van der Waals surface area contributed by atoms with Gasteiger partial charge in [-0.2, -0.15) is 5.26 Å². The Kier molecular flexibility index (Phi) is 3.51. The van der Waals surface area contributed by atoms with Crippen molar-refractivity contribution in [3.8, 4) is 6.07 Å². The lowest BCUT2D eigenvalue weighted by molar-refractivity contribution is 0.0938. The van der Waals surface area contributed by atoms with Gasteiger partial charge in [-0.25, -0.2) is 8.78 Å². The second-order valence-corrected chi connectivity index (χ2v) is 3.05. The van der Waals surface area contributed by atoms with Gasteiger partial charge in [0.05, 0.1) is 11.6 Å². The molecule has 0 saturated heterocycles. The van der Waals surface area contributed by atoms with Crippen molar-refractivity contribution < 1.29 is 13.6 Å². The molecule has 0 aliphatic heterocycles. The van der Waals surface area contributed by atoms with Crippen LogP contribution in [0.15, 0.2) is 18.2 Å². The van der Waals surface area contributed by atoms with E-state index in [1.165, 1.54) is 6.07 Å². The minimum absolute atomic E-state index is 0.239. The lowest BCUT2D eigenvalue weighted by atomic mass is 9.96. The van der Waals surface area contributed by atoms with Gasteiger partial charge in [0.2, 0.25) is 0 Å². The molecule has 1 rings (SSSR count). The number of halogens is 2. The van der Waals surface area contributed by atoms with Gasteiger partial charge in [0.15, 0.2) is 5.78 Å². The molecule has 1 aromatic rings. The Morgan fingerprint density at radius 1 is 1.47 bits per heavy atom. The first-order valence-electron chi connectivity index (χ1n) is 4.49. The van der Waals surface area contributed by atoms with E-state index in [4.69, 9.17) is 5.26 Å². The Bertz CT molecular complexity index is 403. The first-order chi connectivity index (χ1) is 7.11. The maximum absolute atomic E-state index is 13.2. The average Bonchev–Trinajstić information content (AvgIpc) is 2.19. The van der Waals surface area contributed by atoms with E-state index < -0.39 is 28.9 Å². The minimum atomic E-state index is -0.989. The molecule has 0 bridgehead atoms. The summed E-state index contributed by atoms with van der Waals surface area (Å²) in [7, 11) is 0. The van der Waals surface area contributed by atoms with E-state index in [0.29, 0.717) is 0 Å². The molecular weight excluding hydrogens is 200 g/mol. The van der Waals surface area contributed by atoms with Crippen LogP contribution in [0.25, 0.3) is 0 Å². The molecule has 0 saturated carbocycles. The standard InChI is InChI=1S/C11H9F2NO/c1-2-7(6-14)11(15)10-8(12)4-3-5-9(10)13/h3-5,7H,2H2,1H3. The molecular formula is C11H9F2NO. The average molecular weight is 209 g/mol. The summed E-state index contributed by atoms with van der Waals surface area (Å²) in [4.78, 5) is 11.5. The summed E-state index contributed by atoms with van der Waals surface area (Å²) in [5.74, 6) is -3.63. The van der Waals surface area contributed by atoms with Crippen LogP contribution >= 0.6 is 0 Å². The Hall–Kier alpha value is -1.76. The van der Waals surface area contributed by atoms with Crippen LogP contribution < -0.4 is 0 Å². The lowest BCUT2D eigenvalue weighted by Gasteiger charge is -2.06. The quantitative estimate of drug-likeness (QED) is 0.718. The highest BCUT2D eigenvalue weighted by atomic mass is 19.1. The molecule has 0 radical (unpaired) electrons. The van der Waals surface area contributed by atoms with Crippen LogP contribution in [-0.4, -0.2) is 5.78 Å². The van der Waals surface area contributed by atoms with Crippen molar-refractivity contribution in [1.29, 1.82) is 5.26 Å². The highest BCUT2D eigenvalue weighted by Gasteiger charge is 2.24. The monoisotopic (exact) mass is 209 g/mol. The van der Waals surface area contributed by atoms with Crippen LogP contribution in [0.3, 0.4) is 0 Å². The zero-order chi connectivity index (χ0) is 11.4. The number of ketones is 1. The zero-order valence-electron chi connectivity index (χ0n) is 8.13. The van der Waals surface area contributed by atoms with Crippen LogP contribution in [0.1, 0.15) is 23.7 Å². The SMILES string of the molecule is CCC(C#N)C(=O)c1c(F)cccc1F. The Balaban J connectivity index is 3.17. The number of carbonyl (C=O) groups excluding carboxylic acids is 1. The van der Waals surface area contributed by atoms with E-state index in [0.717, 1.165) is 12.1 Å². The Morgan fingerprint density at radius 2 is 2.00 bits per heavy atom. The second kappa shape index (κ2) is 4.65. The molecule has 1 atom stereocenters. The van der Waals surface area contributed by atoms with Gasteiger partial charge in [-0.05, 0) is 18.6 Å². The number of hydrogen-bond donors (Lipinski definition) is 0. The Morgan fingerprint density at radius 3 is 2.40 bits per heavy atom. The lowest BCUT2D eigenvalue weighted by Crippen LogP contribution is -2.15. The summed E-state index contributed by atoms with van der Waals surface area (Å²) in [5, 5.41) is 8.62. The van der Waals surface area contributed by atoms with E-state index in [9.17, 15) is 13.6 Å². The molecule has 0 fully saturated rings. The molecule has 0 spiro atoms. The van der Waals surface area contributed by atoms with Crippen molar-refractivity contribution in [2.24, 2.45) is 5.92 Å². The fourth-order valence-electron chi connectivity index (χ4n) is 1.24. The molecule has 0 N–H and O–H groups in total. The van der Waals surface area contributed by atoms with E-state index in [2.05, 4.69) is 0 Å². The molecule has 2 nitrogen and oxygen atoms in total. The number of hydrogen-bond acceptors (Lipinski definition) is 2. The van der Waals surface area contributed by atoms with Crippen LogP contribution in [0.5, 0.6) is 0 Å². The van der Waals surface area contributed by atoms with Crippen molar-refractivity contribution in [2.45, 2.75) is 13.3 Å². The predicted molar refractivity (Wildman–Crippen MR) is 50.1 cm³/mol. The van der Waals surface area contributed by atoms with Crippen molar-refractivity contribution in [3.05, 3.63) is 35.4 Å². The number of rotatable bonds is 3. The number of nitriles is 1. The van der Waals surface area contributed by atoms with E-state index in [1.807, 2.05) is 0 Å². The molecule has 15 heavy (non-hydrogen) atoms. The van der Waals surface area contributed by atoms with Crippen LogP contribution in [0, 0.1) is 28.9 Å². The summed E-state index contributed by atoms with van der Waals surface area (Å²) < 4.78 is 26.3. The van der Waals surface area contributed by atoms with E-state index >= 15 is 0 Å². The second-order valence-electron chi connectivity index (χ2n) is 3.05. The molecule has 4 heteroatoms. The van der Waals surface area contributed by atoms with Gasteiger partial charge in [-0.15, -0.1) is 0 Å². The topological polar surface area (TPSA) is 40.9 Å². The van der Waals surface area contributed by atoms with Crippen molar-refractivity contribution in [2.75, 3.05) is 0 Å². The number of benzene rings is 1. The van der Waals surface area contributed by atoms with Crippen LogP contribution in [0.4, 0.5) is 8.78 Å². The van der Waals surface area contributed by atoms with Gasteiger partial charge in [0.25, 0.3) is 0 Å². The number of nitrogens with zero attached hydrogens (tertiary/aromatic N) is 1. The molecule has 1 aromatic carbocycles. The van der Waals surface area contributed by atoms with Gasteiger partial charge >= 0.3 is 0 Å². The highest BCUT2D eigenvalue weighted by molar-refractivity contribution is 5.99. The van der Waals surface area contributed by atoms with Crippen LogP contribution in [0.2, 0.25) is 0 Å². The van der Waals surface area contributed by atoms with Gasteiger partial charge in [-0.1, -0.05) is 13.0 Å². The van der Waals surface area contributed by atoms with Crippen molar-refractivity contribution in [3.63, 3.8) is 0 Å². The molecule has 78 valence electrons. The van der Waals surface area contributed by atoms with E-state index in [-0.39, 0.29) is 6.42 Å². The zero-order valence-corrected chi connectivity index (χ0v) is 8.13. The summed E-state index contributed by atoms with van der Waals surface area (Å²) in [6, 6.07) is 4.90. The molecule has 0 amide bonds. The first-order valence-corrected chi connectivity index (χ1v) is 4.49. The van der Waals surface area contributed by atoms with Crippen molar-refractivity contribution >= 4 is 5.78 Å². The third kappa shape index (κ3) is 2.18. The summed E-state index contributed by atoms with van der Waals surface area (Å²) in [6.07, 6.45) is 0.239. The largest absolute Gasteiger partial charge is 0.292 e. The predicted octanol–water partition coefficient (Wildman–Crippen LogP) is 2.70. The number of carbonyl (C=O) groups is 1. The minimum Gasteiger partial charge on any atom is -0.292 e. The molecule has 1 unspecified atom stereocenters. The number of Topliss-reactive ketones (excluding diaryl/α,β-unsaturated/α-hetero) is 1. The molecule has 0 aromatic heterocycles. The fourth-order valence-corrected chi connectivity index (χ4v) is 1.24. The molecule has 0 heterocycles. The summed E-state index contributed by atoms with van der Waals surface area (Å²) >= 11 is 0. The third-order valence-electron chi connectivity index (χ3n) is 2.09. The van der Waals surface area contributed by atoms with E-state index in [1.54, 1.807) is 13.0 Å². The maximum atomic E-state index is 13.2.